The first kappa shape index (κ1) is 13.4. The minimum absolute atomic E-state index is 0.642. The Morgan fingerprint density at radius 1 is 1.10 bits per heavy atom. The van der Waals surface area contributed by atoms with Crippen LogP contribution in [0.2, 0.25) is 0 Å². The fraction of sp³-hybridized carbons (Fsp3) is 0.267. The van der Waals surface area contributed by atoms with Crippen LogP contribution < -0.4 is 10.6 Å². The van der Waals surface area contributed by atoms with Gasteiger partial charge in [0.25, 0.3) is 0 Å². The lowest BCUT2D eigenvalue weighted by molar-refractivity contribution is 0.720. The first-order valence-corrected chi connectivity index (χ1v) is 6.99. The largest absolute Gasteiger partial charge is 0.364 e. The van der Waals surface area contributed by atoms with Crippen LogP contribution in [-0.4, -0.2) is 26.3 Å². The summed E-state index contributed by atoms with van der Waals surface area (Å²) in [4.78, 5) is 9.07. The van der Waals surface area contributed by atoms with Gasteiger partial charge in [0.2, 0.25) is 5.95 Å². The Morgan fingerprint density at radius 2 is 1.95 bits per heavy atom. The number of nitrogens with zero attached hydrogens (tertiary/aromatic N) is 4. The molecule has 2 aromatic heterocycles. The number of hydrogen-bond donors (Lipinski definition) is 2. The van der Waals surface area contributed by atoms with Crippen molar-refractivity contribution in [1.29, 1.82) is 0 Å². The zero-order valence-electron chi connectivity index (χ0n) is 12.2. The van der Waals surface area contributed by atoms with Gasteiger partial charge < -0.3 is 10.6 Å². The predicted molar refractivity (Wildman–Crippen MR) is 84.2 cm³/mol. The van der Waals surface area contributed by atoms with Crippen molar-refractivity contribution in [2.75, 3.05) is 17.2 Å². The summed E-state index contributed by atoms with van der Waals surface area (Å²) in [6.45, 7) is 3.49. The van der Waals surface area contributed by atoms with E-state index in [-0.39, 0.29) is 0 Å². The van der Waals surface area contributed by atoms with E-state index in [0.717, 1.165) is 29.0 Å². The zero-order chi connectivity index (χ0) is 14.7. The quantitative estimate of drug-likeness (QED) is 0.752. The lowest BCUT2D eigenvalue weighted by atomic mass is 10.2. The van der Waals surface area contributed by atoms with Crippen molar-refractivity contribution in [3.05, 3.63) is 42.2 Å². The molecule has 2 heterocycles. The first-order valence-electron chi connectivity index (χ1n) is 6.99. The number of anilines is 2. The Kier molecular flexibility index (Phi) is 3.68. The van der Waals surface area contributed by atoms with Crippen LogP contribution in [0, 0.1) is 0 Å². The average molecular weight is 282 g/mol. The summed E-state index contributed by atoms with van der Waals surface area (Å²) >= 11 is 0. The maximum Gasteiger partial charge on any atom is 0.225 e. The average Bonchev–Trinajstić information content (AvgIpc) is 2.90. The highest BCUT2D eigenvalue weighted by molar-refractivity contribution is 5.89. The molecule has 3 rings (SSSR count). The number of aromatic nitrogens is 4. The number of benzene rings is 1. The van der Waals surface area contributed by atoms with Crippen LogP contribution in [0.1, 0.15) is 12.6 Å². The molecule has 0 atom stereocenters. The van der Waals surface area contributed by atoms with E-state index in [2.05, 4.69) is 25.7 Å². The van der Waals surface area contributed by atoms with Gasteiger partial charge in [-0.25, -0.2) is 4.98 Å². The van der Waals surface area contributed by atoms with Crippen molar-refractivity contribution in [2.45, 2.75) is 13.5 Å². The highest BCUT2D eigenvalue weighted by Crippen LogP contribution is 2.22. The highest BCUT2D eigenvalue weighted by atomic mass is 15.3. The molecule has 0 aliphatic rings. The third kappa shape index (κ3) is 2.79. The molecule has 0 saturated heterocycles. The number of aryl methyl sites for hydroxylation is 1. The standard InChI is InChI=1S/C15H18N6/c1-3-16-15-19-13-7-5-4-6-12(13)14(20-15)17-10-11-8-9-18-21(11)2/h4-9H,3,10H2,1-2H3,(H2,16,17,19,20). The summed E-state index contributed by atoms with van der Waals surface area (Å²) in [5, 5.41) is 11.7. The molecule has 0 amide bonds. The SMILES string of the molecule is CCNc1nc(NCc2ccnn2C)c2ccccc2n1. The van der Waals surface area contributed by atoms with Crippen LogP contribution in [0.3, 0.4) is 0 Å². The van der Waals surface area contributed by atoms with Crippen molar-refractivity contribution in [3.63, 3.8) is 0 Å². The Balaban J connectivity index is 1.93. The van der Waals surface area contributed by atoms with Gasteiger partial charge >= 0.3 is 0 Å². The Bertz CT molecular complexity index is 749. The minimum Gasteiger partial charge on any atom is -0.364 e. The maximum absolute atomic E-state index is 4.56. The van der Waals surface area contributed by atoms with Crippen LogP contribution in [0.5, 0.6) is 0 Å². The van der Waals surface area contributed by atoms with Crippen molar-refractivity contribution < 1.29 is 0 Å². The fourth-order valence-corrected chi connectivity index (χ4v) is 2.20. The Hall–Kier alpha value is -2.63. The topological polar surface area (TPSA) is 67.7 Å². The molecule has 0 bridgehead atoms. The monoisotopic (exact) mass is 282 g/mol. The van der Waals surface area contributed by atoms with E-state index in [9.17, 15) is 0 Å². The Labute approximate surface area is 123 Å². The van der Waals surface area contributed by atoms with Crippen LogP contribution in [0.15, 0.2) is 36.5 Å². The number of fused-ring (bicyclic) bond motifs is 1. The van der Waals surface area contributed by atoms with Gasteiger partial charge in [-0.15, -0.1) is 0 Å². The van der Waals surface area contributed by atoms with Gasteiger partial charge in [-0.05, 0) is 25.1 Å². The molecular formula is C15H18N6. The molecule has 0 aliphatic carbocycles. The second kappa shape index (κ2) is 5.78. The van der Waals surface area contributed by atoms with Gasteiger partial charge in [-0.3, -0.25) is 4.68 Å². The molecule has 0 radical (unpaired) electrons. The molecular weight excluding hydrogens is 264 g/mol. The molecule has 1 aromatic carbocycles. The predicted octanol–water partition coefficient (Wildman–Crippen LogP) is 2.41. The summed E-state index contributed by atoms with van der Waals surface area (Å²) in [6, 6.07) is 9.98. The van der Waals surface area contributed by atoms with E-state index >= 15 is 0 Å². The molecule has 0 spiro atoms. The zero-order valence-corrected chi connectivity index (χ0v) is 12.2. The number of hydrogen-bond acceptors (Lipinski definition) is 5. The van der Waals surface area contributed by atoms with Crippen LogP contribution in [0.25, 0.3) is 10.9 Å². The third-order valence-corrected chi connectivity index (χ3v) is 3.30. The van der Waals surface area contributed by atoms with Crippen molar-refractivity contribution in [3.8, 4) is 0 Å². The summed E-state index contributed by atoms with van der Waals surface area (Å²) in [6.07, 6.45) is 1.79. The van der Waals surface area contributed by atoms with Crippen molar-refractivity contribution in [2.24, 2.45) is 7.05 Å². The molecule has 21 heavy (non-hydrogen) atoms. The van der Waals surface area contributed by atoms with E-state index in [0.29, 0.717) is 12.5 Å². The summed E-state index contributed by atoms with van der Waals surface area (Å²) in [5.74, 6) is 1.47. The fourth-order valence-electron chi connectivity index (χ4n) is 2.20. The number of rotatable bonds is 5. The smallest absolute Gasteiger partial charge is 0.225 e. The second-order valence-electron chi connectivity index (χ2n) is 4.74. The third-order valence-electron chi connectivity index (χ3n) is 3.30. The van der Waals surface area contributed by atoms with Gasteiger partial charge in [0.15, 0.2) is 0 Å². The van der Waals surface area contributed by atoms with Crippen LogP contribution in [-0.2, 0) is 13.6 Å². The molecule has 6 nitrogen and oxygen atoms in total. The molecule has 0 aliphatic heterocycles. The number of nitrogens with one attached hydrogen (secondary N) is 2. The molecule has 108 valence electrons. The minimum atomic E-state index is 0.642. The number of para-hydroxylation sites is 1. The van der Waals surface area contributed by atoms with Gasteiger partial charge in [-0.2, -0.15) is 10.1 Å². The first-order chi connectivity index (χ1) is 10.3. The van der Waals surface area contributed by atoms with E-state index in [1.54, 1.807) is 6.20 Å². The molecule has 2 N–H and O–H groups in total. The van der Waals surface area contributed by atoms with Gasteiger partial charge in [0.1, 0.15) is 5.82 Å². The molecule has 0 unspecified atom stereocenters. The van der Waals surface area contributed by atoms with Gasteiger partial charge in [-0.1, -0.05) is 12.1 Å². The van der Waals surface area contributed by atoms with E-state index in [1.807, 2.05) is 49.0 Å². The molecule has 0 fully saturated rings. The summed E-state index contributed by atoms with van der Waals surface area (Å²) in [7, 11) is 1.93. The molecule has 6 heteroatoms. The molecule has 3 aromatic rings. The van der Waals surface area contributed by atoms with Crippen LogP contribution >= 0.6 is 0 Å². The van der Waals surface area contributed by atoms with E-state index in [4.69, 9.17) is 0 Å². The summed E-state index contributed by atoms with van der Waals surface area (Å²) in [5.41, 5.74) is 2.03. The lowest BCUT2D eigenvalue weighted by Crippen LogP contribution is -2.09. The van der Waals surface area contributed by atoms with E-state index < -0.39 is 0 Å². The van der Waals surface area contributed by atoms with Crippen LogP contribution in [0.4, 0.5) is 11.8 Å². The highest BCUT2D eigenvalue weighted by Gasteiger charge is 2.07. The van der Waals surface area contributed by atoms with Crippen molar-refractivity contribution >= 4 is 22.7 Å². The lowest BCUT2D eigenvalue weighted by Gasteiger charge is -2.11. The van der Waals surface area contributed by atoms with Gasteiger partial charge in [0.05, 0.1) is 17.8 Å². The van der Waals surface area contributed by atoms with E-state index in [1.165, 1.54) is 0 Å². The normalized spacial score (nSPS) is 10.8. The van der Waals surface area contributed by atoms with Crippen molar-refractivity contribution in [1.82, 2.24) is 19.7 Å². The Morgan fingerprint density at radius 3 is 2.71 bits per heavy atom. The second-order valence-corrected chi connectivity index (χ2v) is 4.74. The van der Waals surface area contributed by atoms with Gasteiger partial charge in [0, 0.05) is 25.2 Å². The maximum atomic E-state index is 4.56. The summed E-state index contributed by atoms with van der Waals surface area (Å²) < 4.78 is 1.85. The molecule has 0 saturated carbocycles.